The van der Waals surface area contributed by atoms with E-state index in [0.29, 0.717) is 5.75 Å². The van der Waals surface area contributed by atoms with Crippen LogP contribution in [0.25, 0.3) is 0 Å². The second-order valence-electron chi connectivity index (χ2n) is 5.25. The van der Waals surface area contributed by atoms with Gasteiger partial charge < -0.3 is 9.84 Å². The molecular formula is C13H18ClNO4S. The second kappa shape index (κ2) is 5.52. The van der Waals surface area contributed by atoms with Crippen LogP contribution in [0.15, 0.2) is 23.1 Å². The number of sulfonamides is 1. The summed E-state index contributed by atoms with van der Waals surface area (Å²) < 4.78 is 31.7. The highest BCUT2D eigenvalue weighted by atomic mass is 35.5. The van der Waals surface area contributed by atoms with Crippen molar-refractivity contribution in [3.63, 3.8) is 0 Å². The van der Waals surface area contributed by atoms with E-state index in [1.807, 2.05) is 0 Å². The molecule has 20 heavy (non-hydrogen) atoms. The van der Waals surface area contributed by atoms with Gasteiger partial charge in [-0.05, 0) is 43.9 Å². The number of hydrogen-bond donors (Lipinski definition) is 2. The third-order valence-electron chi connectivity index (χ3n) is 3.51. The van der Waals surface area contributed by atoms with Gasteiger partial charge in [-0.15, -0.1) is 0 Å². The molecule has 0 saturated heterocycles. The highest BCUT2D eigenvalue weighted by molar-refractivity contribution is 7.89. The van der Waals surface area contributed by atoms with Gasteiger partial charge >= 0.3 is 0 Å². The van der Waals surface area contributed by atoms with Crippen molar-refractivity contribution in [1.82, 2.24) is 4.72 Å². The minimum absolute atomic E-state index is 0.0103. The maximum atomic E-state index is 12.2. The lowest BCUT2D eigenvalue weighted by molar-refractivity contribution is 0.0422. The molecule has 2 rings (SSSR count). The van der Waals surface area contributed by atoms with Crippen LogP contribution in [0.2, 0.25) is 5.02 Å². The fourth-order valence-electron chi connectivity index (χ4n) is 1.99. The summed E-state index contributed by atoms with van der Waals surface area (Å²) in [4.78, 5) is 0.0508. The Balaban J connectivity index is 2.12. The number of rotatable bonds is 6. The number of hydrogen-bond acceptors (Lipinski definition) is 4. The summed E-state index contributed by atoms with van der Waals surface area (Å²) in [5, 5.41) is 10.4. The van der Waals surface area contributed by atoms with Gasteiger partial charge in [0.1, 0.15) is 5.75 Å². The van der Waals surface area contributed by atoms with E-state index in [1.54, 1.807) is 6.92 Å². The summed E-state index contributed by atoms with van der Waals surface area (Å²) >= 11 is 5.92. The van der Waals surface area contributed by atoms with Crippen LogP contribution in [-0.2, 0) is 10.0 Å². The van der Waals surface area contributed by atoms with Gasteiger partial charge in [0.15, 0.2) is 0 Å². The highest BCUT2D eigenvalue weighted by Crippen LogP contribution is 2.39. The molecule has 0 aliphatic heterocycles. The lowest BCUT2D eigenvalue weighted by Gasteiger charge is -2.23. The summed E-state index contributed by atoms with van der Waals surface area (Å²) in [7, 11) is -2.24. The average molecular weight is 320 g/mol. The summed E-state index contributed by atoms with van der Waals surface area (Å²) in [6.45, 7) is 1.64. The molecule has 1 saturated carbocycles. The number of ether oxygens (including phenoxy) is 1. The van der Waals surface area contributed by atoms with Gasteiger partial charge in [0.25, 0.3) is 0 Å². The largest absolute Gasteiger partial charge is 0.495 e. The van der Waals surface area contributed by atoms with Gasteiger partial charge in [0.2, 0.25) is 10.0 Å². The minimum atomic E-state index is -3.70. The molecule has 0 amide bonds. The Morgan fingerprint density at radius 3 is 2.65 bits per heavy atom. The summed E-state index contributed by atoms with van der Waals surface area (Å²) in [5.41, 5.74) is -1.01. The molecule has 1 aromatic carbocycles. The van der Waals surface area contributed by atoms with Crippen LogP contribution in [-0.4, -0.2) is 32.8 Å². The van der Waals surface area contributed by atoms with Crippen LogP contribution >= 0.6 is 11.6 Å². The van der Waals surface area contributed by atoms with E-state index in [2.05, 4.69) is 4.72 Å². The lowest BCUT2D eigenvalue weighted by Crippen LogP contribution is -2.42. The third kappa shape index (κ3) is 3.44. The van der Waals surface area contributed by atoms with Crippen LogP contribution < -0.4 is 9.46 Å². The number of methoxy groups -OCH3 is 1. The summed E-state index contributed by atoms with van der Waals surface area (Å²) in [6, 6.07) is 4.24. The van der Waals surface area contributed by atoms with Gasteiger partial charge in [0.05, 0.1) is 22.6 Å². The van der Waals surface area contributed by atoms with Crippen molar-refractivity contribution in [2.75, 3.05) is 13.7 Å². The molecular weight excluding hydrogens is 302 g/mol. The van der Waals surface area contributed by atoms with Crippen LogP contribution in [0.3, 0.4) is 0 Å². The SMILES string of the molecule is COc1ccc(S(=O)(=O)NC[C@@](C)(O)C2CC2)cc1Cl. The van der Waals surface area contributed by atoms with E-state index in [9.17, 15) is 13.5 Å². The molecule has 0 radical (unpaired) electrons. The Kier molecular flexibility index (Phi) is 4.30. The van der Waals surface area contributed by atoms with Crippen LogP contribution in [0.4, 0.5) is 0 Å². The van der Waals surface area contributed by atoms with E-state index < -0.39 is 15.6 Å². The van der Waals surface area contributed by atoms with E-state index in [4.69, 9.17) is 16.3 Å². The van der Waals surface area contributed by atoms with Gasteiger partial charge in [-0.3, -0.25) is 0 Å². The Bertz CT molecular complexity index is 596. The first-order chi connectivity index (χ1) is 9.26. The molecule has 7 heteroatoms. The molecule has 1 aliphatic carbocycles. The zero-order valence-electron chi connectivity index (χ0n) is 11.4. The van der Waals surface area contributed by atoms with E-state index in [-0.39, 0.29) is 22.4 Å². The monoisotopic (exact) mass is 319 g/mol. The van der Waals surface area contributed by atoms with Crippen molar-refractivity contribution in [2.24, 2.45) is 5.92 Å². The van der Waals surface area contributed by atoms with Crippen LogP contribution in [0.5, 0.6) is 5.75 Å². The summed E-state index contributed by atoms with van der Waals surface area (Å²) in [6.07, 6.45) is 1.87. The molecule has 1 fully saturated rings. The first-order valence-electron chi connectivity index (χ1n) is 6.32. The third-order valence-corrected chi connectivity index (χ3v) is 5.20. The first-order valence-corrected chi connectivity index (χ1v) is 8.18. The molecule has 2 N–H and O–H groups in total. The molecule has 5 nitrogen and oxygen atoms in total. The van der Waals surface area contributed by atoms with E-state index >= 15 is 0 Å². The van der Waals surface area contributed by atoms with Gasteiger partial charge in [-0.25, -0.2) is 13.1 Å². The molecule has 112 valence electrons. The number of aliphatic hydroxyl groups is 1. The molecule has 1 atom stereocenters. The van der Waals surface area contributed by atoms with Crippen molar-refractivity contribution < 1.29 is 18.3 Å². The van der Waals surface area contributed by atoms with Crippen molar-refractivity contribution in [1.29, 1.82) is 0 Å². The molecule has 0 bridgehead atoms. The van der Waals surface area contributed by atoms with Crippen molar-refractivity contribution in [3.8, 4) is 5.75 Å². The Morgan fingerprint density at radius 1 is 1.50 bits per heavy atom. The molecule has 0 heterocycles. The van der Waals surface area contributed by atoms with Gasteiger partial charge in [0, 0.05) is 6.54 Å². The first kappa shape index (κ1) is 15.6. The zero-order chi connectivity index (χ0) is 15.0. The van der Waals surface area contributed by atoms with Gasteiger partial charge in [-0.2, -0.15) is 0 Å². The molecule has 1 aliphatic rings. The van der Waals surface area contributed by atoms with E-state index in [1.165, 1.54) is 25.3 Å². The zero-order valence-corrected chi connectivity index (χ0v) is 13.0. The van der Waals surface area contributed by atoms with E-state index in [0.717, 1.165) is 12.8 Å². The predicted octanol–water partition coefficient (Wildman–Crippen LogP) is 1.79. The Labute approximate surface area is 124 Å². The fourth-order valence-corrected chi connectivity index (χ4v) is 3.48. The van der Waals surface area contributed by atoms with Crippen molar-refractivity contribution >= 4 is 21.6 Å². The van der Waals surface area contributed by atoms with Crippen molar-refractivity contribution in [2.45, 2.75) is 30.3 Å². The molecule has 0 unspecified atom stereocenters. The van der Waals surface area contributed by atoms with Gasteiger partial charge in [-0.1, -0.05) is 11.6 Å². The maximum absolute atomic E-state index is 12.2. The lowest BCUT2D eigenvalue weighted by atomic mass is 10.0. The number of halogens is 1. The second-order valence-corrected chi connectivity index (χ2v) is 7.43. The molecule has 0 spiro atoms. The van der Waals surface area contributed by atoms with Crippen molar-refractivity contribution in [3.05, 3.63) is 23.2 Å². The number of nitrogens with one attached hydrogen (secondary N) is 1. The smallest absolute Gasteiger partial charge is 0.240 e. The van der Waals surface area contributed by atoms with Crippen LogP contribution in [0.1, 0.15) is 19.8 Å². The quantitative estimate of drug-likeness (QED) is 0.838. The normalized spacial score (nSPS) is 18.6. The highest BCUT2D eigenvalue weighted by Gasteiger charge is 2.40. The minimum Gasteiger partial charge on any atom is -0.495 e. The predicted molar refractivity (Wildman–Crippen MR) is 76.5 cm³/mol. The summed E-state index contributed by atoms with van der Waals surface area (Å²) in [5.74, 6) is 0.584. The Morgan fingerprint density at radius 2 is 2.15 bits per heavy atom. The standard InChI is InChI=1S/C13H18ClNO4S/c1-13(16,9-3-4-9)8-15-20(17,18)10-5-6-12(19-2)11(14)7-10/h5-7,9,15-16H,3-4,8H2,1-2H3/t13-/m1/s1. The maximum Gasteiger partial charge on any atom is 0.240 e. The Hall–Kier alpha value is -0.820. The molecule has 0 aromatic heterocycles. The molecule has 1 aromatic rings. The topological polar surface area (TPSA) is 75.6 Å². The fraction of sp³-hybridized carbons (Fsp3) is 0.538. The number of benzene rings is 1. The van der Waals surface area contributed by atoms with Crippen LogP contribution in [0, 0.1) is 5.92 Å². The average Bonchev–Trinajstić information content (AvgIpc) is 3.21.